The van der Waals surface area contributed by atoms with Crippen LogP contribution in [0.25, 0.3) is 0 Å². The number of carbonyl (C=O) groups is 1. The van der Waals surface area contributed by atoms with Crippen LogP contribution in [0.4, 0.5) is 0 Å². The van der Waals surface area contributed by atoms with E-state index in [-0.39, 0.29) is 18.6 Å². The summed E-state index contributed by atoms with van der Waals surface area (Å²) < 4.78 is 10.7. The smallest absolute Gasteiger partial charge is 0.329 e. The van der Waals surface area contributed by atoms with Gasteiger partial charge in [0.1, 0.15) is 12.4 Å². The molecule has 0 saturated carbocycles. The number of aryl methyl sites for hydroxylation is 1. The zero-order chi connectivity index (χ0) is 14.6. The molecule has 19 heavy (non-hydrogen) atoms. The van der Waals surface area contributed by atoms with E-state index in [1.165, 1.54) is 0 Å². The molecule has 0 aliphatic carbocycles. The predicted molar refractivity (Wildman–Crippen MR) is 73.7 cm³/mol. The van der Waals surface area contributed by atoms with Crippen molar-refractivity contribution >= 4 is 5.97 Å². The van der Waals surface area contributed by atoms with Crippen LogP contribution in [-0.2, 0) is 21.6 Å². The summed E-state index contributed by atoms with van der Waals surface area (Å²) in [6.07, 6.45) is 0. The molecule has 0 spiro atoms. The van der Waals surface area contributed by atoms with Crippen LogP contribution in [0.2, 0.25) is 0 Å². The van der Waals surface area contributed by atoms with Gasteiger partial charge in [-0.15, -0.1) is 0 Å². The lowest BCUT2D eigenvalue weighted by Gasteiger charge is -2.24. The standard InChI is InChI=1S/C15H22O4/c1-10-6-11(8-19-9-13(16)17)14(18-5)12(7-10)15(2,3)4/h6-7H,8-9H2,1-5H3,(H,16,17). The number of methoxy groups -OCH3 is 1. The third kappa shape index (κ3) is 4.24. The molecule has 1 aromatic rings. The average Bonchev–Trinajstić information content (AvgIpc) is 2.26. The van der Waals surface area contributed by atoms with Gasteiger partial charge in [-0.05, 0) is 12.3 Å². The van der Waals surface area contributed by atoms with Crippen LogP contribution < -0.4 is 4.74 Å². The Bertz CT molecular complexity index is 458. The summed E-state index contributed by atoms with van der Waals surface area (Å²) in [5, 5.41) is 8.60. The molecular formula is C15H22O4. The van der Waals surface area contributed by atoms with Crippen molar-refractivity contribution in [3.8, 4) is 5.75 Å². The van der Waals surface area contributed by atoms with Crippen molar-refractivity contribution in [2.45, 2.75) is 39.7 Å². The molecule has 0 fully saturated rings. The maximum absolute atomic E-state index is 10.5. The first-order valence-corrected chi connectivity index (χ1v) is 6.23. The number of benzene rings is 1. The van der Waals surface area contributed by atoms with E-state index in [0.29, 0.717) is 0 Å². The van der Waals surface area contributed by atoms with Gasteiger partial charge in [-0.1, -0.05) is 38.5 Å². The first-order chi connectivity index (χ1) is 8.75. The Labute approximate surface area is 114 Å². The zero-order valence-corrected chi connectivity index (χ0v) is 12.2. The molecule has 1 N–H and O–H groups in total. The number of carboxylic acids is 1. The van der Waals surface area contributed by atoms with E-state index in [9.17, 15) is 4.79 Å². The molecule has 4 nitrogen and oxygen atoms in total. The fourth-order valence-electron chi connectivity index (χ4n) is 2.00. The molecule has 0 aliphatic rings. The largest absolute Gasteiger partial charge is 0.496 e. The summed E-state index contributed by atoms with van der Waals surface area (Å²) in [6, 6.07) is 4.06. The number of aliphatic carboxylic acids is 1. The molecule has 0 heterocycles. The molecule has 106 valence electrons. The Balaban J connectivity index is 3.09. The molecule has 0 aromatic heterocycles. The molecule has 4 heteroatoms. The summed E-state index contributed by atoms with van der Waals surface area (Å²) in [4.78, 5) is 10.5. The first-order valence-electron chi connectivity index (χ1n) is 6.23. The molecular weight excluding hydrogens is 244 g/mol. The van der Waals surface area contributed by atoms with Gasteiger partial charge in [0.2, 0.25) is 0 Å². The average molecular weight is 266 g/mol. The molecule has 0 saturated heterocycles. The van der Waals surface area contributed by atoms with Gasteiger partial charge in [-0.3, -0.25) is 0 Å². The van der Waals surface area contributed by atoms with Crippen LogP contribution in [0.3, 0.4) is 0 Å². The Morgan fingerprint density at radius 1 is 1.32 bits per heavy atom. The predicted octanol–water partition coefficient (Wildman–Crippen LogP) is 2.90. The maximum atomic E-state index is 10.5. The van der Waals surface area contributed by atoms with Crippen molar-refractivity contribution < 1.29 is 19.4 Å². The van der Waals surface area contributed by atoms with E-state index in [4.69, 9.17) is 14.6 Å². The highest BCUT2D eigenvalue weighted by Crippen LogP contribution is 2.35. The zero-order valence-electron chi connectivity index (χ0n) is 12.2. The summed E-state index contributed by atoms with van der Waals surface area (Å²) in [5.74, 6) is -0.189. The van der Waals surface area contributed by atoms with Crippen LogP contribution in [0, 0.1) is 6.92 Å². The van der Waals surface area contributed by atoms with Gasteiger partial charge in [0.25, 0.3) is 0 Å². The minimum atomic E-state index is -0.970. The number of hydrogen-bond donors (Lipinski definition) is 1. The highest BCUT2D eigenvalue weighted by molar-refractivity contribution is 5.68. The molecule has 0 unspecified atom stereocenters. The number of hydrogen-bond acceptors (Lipinski definition) is 3. The van der Waals surface area contributed by atoms with Crippen molar-refractivity contribution in [2.24, 2.45) is 0 Å². The maximum Gasteiger partial charge on any atom is 0.329 e. The Morgan fingerprint density at radius 2 is 1.95 bits per heavy atom. The normalized spacial score (nSPS) is 11.4. The van der Waals surface area contributed by atoms with Crippen molar-refractivity contribution in [1.82, 2.24) is 0 Å². The molecule has 1 rings (SSSR count). The fourth-order valence-corrected chi connectivity index (χ4v) is 2.00. The van der Waals surface area contributed by atoms with E-state index in [1.807, 2.05) is 13.0 Å². The van der Waals surface area contributed by atoms with Crippen molar-refractivity contribution in [1.29, 1.82) is 0 Å². The number of carboxylic acid groups (broad SMARTS) is 1. The summed E-state index contributed by atoms with van der Waals surface area (Å²) in [6.45, 7) is 8.29. The van der Waals surface area contributed by atoms with E-state index in [0.717, 1.165) is 22.4 Å². The van der Waals surface area contributed by atoms with Gasteiger partial charge in [-0.25, -0.2) is 4.79 Å². The first kappa shape index (κ1) is 15.5. The van der Waals surface area contributed by atoms with Crippen molar-refractivity contribution in [3.05, 3.63) is 28.8 Å². The van der Waals surface area contributed by atoms with Crippen LogP contribution in [0.15, 0.2) is 12.1 Å². The molecule has 0 aliphatic heterocycles. The second-order valence-electron chi connectivity index (χ2n) is 5.64. The van der Waals surface area contributed by atoms with E-state index in [2.05, 4.69) is 26.8 Å². The van der Waals surface area contributed by atoms with E-state index >= 15 is 0 Å². The minimum absolute atomic E-state index is 0.0427. The van der Waals surface area contributed by atoms with Crippen molar-refractivity contribution in [2.75, 3.05) is 13.7 Å². The van der Waals surface area contributed by atoms with Gasteiger partial charge in [-0.2, -0.15) is 0 Å². The van der Waals surface area contributed by atoms with Gasteiger partial charge >= 0.3 is 5.97 Å². The van der Waals surface area contributed by atoms with Crippen LogP contribution >= 0.6 is 0 Å². The lowest BCUT2D eigenvalue weighted by molar-refractivity contribution is -0.142. The number of ether oxygens (including phenoxy) is 2. The molecule has 0 radical (unpaired) electrons. The minimum Gasteiger partial charge on any atom is -0.496 e. The third-order valence-corrected chi connectivity index (χ3v) is 2.81. The summed E-state index contributed by atoms with van der Waals surface area (Å²) in [7, 11) is 1.63. The van der Waals surface area contributed by atoms with Crippen molar-refractivity contribution in [3.63, 3.8) is 0 Å². The van der Waals surface area contributed by atoms with Gasteiger partial charge in [0.15, 0.2) is 0 Å². The highest BCUT2D eigenvalue weighted by atomic mass is 16.5. The topological polar surface area (TPSA) is 55.8 Å². The second kappa shape index (κ2) is 6.06. The van der Waals surface area contributed by atoms with Crippen LogP contribution in [-0.4, -0.2) is 24.8 Å². The monoisotopic (exact) mass is 266 g/mol. The Hall–Kier alpha value is -1.55. The summed E-state index contributed by atoms with van der Waals surface area (Å²) >= 11 is 0. The van der Waals surface area contributed by atoms with E-state index < -0.39 is 5.97 Å². The third-order valence-electron chi connectivity index (χ3n) is 2.81. The Morgan fingerprint density at radius 3 is 2.42 bits per heavy atom. The Kier molecular flexibility index (Phi) is 4.95. The van der Waals surface area contributed by atoms with Crippen LogP contribution in [0.1, 0.15) is 37.5 Å². The lowest BCUT2D eigenvalue weighted by Crippen LogP contribution is -2.15. The SMILES string of the molecule is COc1c(COCC(=O)O)cc(C)cc1C(C)(C)C. The van der Waals surface area contributed by atoms with Gasteiger partial charge in [0, 0.05) is 11.1 Å². The fraction of sp³-hybridized carbons (Fsp3) is 0.533. The highest BCUT2D eigenvalue weighted by Gasteiger charge is 2.21. The van der Waals surface area contributed by atoms with Gasteiger partial charge < -0.3 is 14.6 Å². The quantitative estimate of drug-likeness (QED) is 0.890. The second-order valence-corrected chi connectivity index (χ2v) is 5.64. The van der Waals surface area contributed by atoms with Crippen LogP contribution in [0.5, 0.6) is 5.75 Å². The van der Waals surface area contributed by atoms with E-state index in [1.54, 1.807) is 7.11 Å². The van der Waals surface area contributed by atoms with Gasteiger partial charge in [0.05, 0.1) is 13.7 Å². The molecule has 0 bridgehead atoms. The molecule has 0 amide bonds. The molecule has 1 aromatic carbocycles. The summed E-state index contributed by atoms with van der Waals surface area (Å²) in [5.41, 5.74) is 3.05. The number of rotatable bonds is 5. The lowest BCUT2D eigenvalue weighted by atomic mass is 9.84. The molecule has 0 atom stereocenters.